The van der Waals surface area contributed by atoms with Gasteiger partial charge in [0, 0.05) is 18.6 Å². The van der Waals surface area contributed by atoms with Gasteiger partial charge in [-0.1, -0.05) is 0 Å². The molecule has 1 atom stereocenters. The Morgan fingerprint density at radius 2 is 2.11 bits per heavy atom. The van der Waals surface area contributed by atoms with Gasteiger partial charge in [-0.25, -0.2) is 0 Å². The van der Waals surface area contributed by atoms with Crippen LogP contribution in [0.5, 0.6) is 0 Å². The van der Waals surface area contributed by atoms with Gasteiger partial charge in [0.2, 0.25) is 0 Å². The molecule has 0 aliphatic heterocycles. The van der Waals surface area contributed by atoms with Crippen molar-refractivity contribution in [2.75, 3.05) is 18.5 Å². The predicted octanol–water partition coefficient (Wildman–Crippen LogP) is 2.74. The summed E-state index contributed by atoms with van der Waals surface area (Å²) in [5, 5.41) is 3.23. The Balaban J connectivity index is 1.72. The Morgan fingerprint density at radius 1 is 1.33 bits per heavy atom. The first-order chi connectivity index (χ1) is 8.78. The fourth-order valence-electron chi connectivity index (χ4n) is 2.40. The van der Waals surface area contributed by atoms with E-state index in [9.17, 15) is 0 Å². The molecule has 1 aromatic heterocycles. The second kappa shape index (κ2) is 4.88. The molecule has 3 heteroatoms. The monoisotopic (exact) mass is 245 g/mol. The highest BCUT2D eigenvalue weighted by Gasteiger charge is 2.33. The van der Waals surface area contributed by atoms with E-state index in [1.807, 2.05) is 7.05 Å². The molecular formula is C15H23N3. The molecule has 1 N–H and O–H groups in total. The van der Waals surface area contributed by atoms with Crippen molar-refractivity contribution in [3.05, 3.63) is 24.0 Å². The Morgan fingerprint density at radius 3 is 2.61 bits per heavy atom. The molecular weight excluding hydrogens is 222 g/mol. The van der Waals surface area contributed by atoms with Crippen LogP contribution in [0.3, 0.4) is 0 Å². The highest BCUT2D eigenvalue weighted by atomic mass is 15.2. The normalized spacial score (nSPS) is 20.8. The maximum atomic E-state index is 4.60. The molecule has 0 radical (unpaired) electrons. The van der Waals surface area contributed by atoms with Crippen LogP contribution in [0, 0.1) is 5.92 Å². The van der Waals surface area contributed by atoms with Gasteiger partial charge in [0.05, 0.1) is 17.6 Å². The minimum Gasteiger partial charge on any atom is -0.367 e. The van der Waals surface area contributed by atoms with Gasteiger partial charge >= 0.3 is 0 Å². The average molecular weight is 245 g/mol. The van der Waals surface area contributed by atoms with E-state index in [2.05, 4.69) is 40.5 Å². The van der Waals surface area contributed by atoms with Gasteiger partial charge in [0.1, 0.15) is 0 Å². The van der Waals surface area contributed by atoms with Gasteiger partial charge < -0.3 is 10.2 Å². The van der Waals surface area contributed by atoms with Gasteiger partial charge in [-0.2, -0.15) is 0 Å². The molecule has 1 aromatic rings. The van der Waals surface area contributed by atoms with Crippen LogP contribution in [-0.2, 0) is 0 Å². The average Bonchev–Trinajstić information content (AvgIpc) is 3.28. The first-order valence-corrected chi connectivity index (χ1v) is 7.18. The highest BCUT2D eigenvalue weighted by Crippen LogP contribution is 2.37. The molecule has 0 amide bonds. The molecule has 2 saturated carbocycles. The SMILES string of the molecule is CNC(C)c1ccc(N(CC2CC2)C2CC2)cn1. The molecule has 0 saturated heterocycles. The number of anilines is 1. The second-order valence-electron chi connectivity index (χ2n) is 5.78. The third-order valence-corrected chi connectivity index (χ3v) is 4.12. The van der Waals surface area contributed by atoms with Crippen LogP contribution in [0.25, 0.3) is 0 Å². The number of hydrogen-bond donors (Lipinski definition) is 1. The van der Waals surface area contributed by atoms with Gasteiger partial charge in [0.25, 0.3) is 0 Å². The smallest absolute Gasteiger partial charge is 0.0571 e. The van der Waals surface area contributed by atoms with Crippen LogP contribution in [0.4, 0.5) is 5.69 Å². The van der Waals surface area contributed by atoms with Crippen molar-refractivity contribution in [2.45, 2.75) is 44.7 Å². The van der Waals surface area contributed by atoms with Gasteiger partial charge in [0.15, 0.2) is 0 Å². The molecule has 98 valence electrons. The zero-order chi connectivity index (χ0) is 12.5. The lowest BCUT2D eigenvalue weighted by Gasteiger charge is -2.24. The Hall–Kier alpha value is -1.09. The quantitative estimate of drug-likeness (QED) is 0.835. The molecule has 0 bridgehead atoms. The predicted molar refractivity (Wildman–Crippen MR) is 74.8 cm³/mol. The fourth-order valence-corrected chi connectivity index (χ4v) is 2.40. The van der Waals surface area contributed by atoms with E-state index in [1.165, 1.54) is 37.9 Å². The lowest BCUT2D eigenvalue weighted by molar-refractivity contribution is 0.632. The van der Waals surface area contributed by atoms with Crippen LogP contribution in [0.1, 0.15) is 44.3 Å². The van der Waals surface area contributed by atoms with Crippen molar-refractivity contribution < 1.29 is 0 Å². The molecule has 3 rings (SSSR count). The lowest BCUT2D eigenvalue weighted by atomic mass is 10.2. The maximum Gasteiger partial charge on any atom is 0.0571 e. The van der Waals surface area contributed by atoms with E-state index < -0.39 is 0 Å². The molecule has 0 spiro atoms. The molecule has 2 aliphatic carbocycles. The Kier molecular flexibility index (Phi) is 3.25. The van der Waals surface area contributed by atoms with Crippen LogP contribution >= 0.6 is 0 Å². The molecule has 1 heterocycles. The highest BCUT2D eigenvalue weighted by molar-refractivity contribution is 5.47. The summed E-state index contributed by atoms with van der Waals surface area (Å²) >= 11 is 0. The number of hydrogen-bond acceptors (Lipinski definition) is 3. The minimum atomic E-state index is 0.330. The molecule has 3 nitrogen and oxygen atoms in total. The Bertz CT molecular complexity index is 393. The van der Waals surface area contributed by atoms with Crippen molar-refractivity contribution >= 4 is 5.69 Å². The topological polar surface area (TPSA) is 28.2 Å². The van der Waals surface area contributed by atoms with Crippen LogP contribution in [0.2, 0.25) is 0 Å². The summed E-state index contributed by atoms with van der Waals surface area (Å²) in [6, 6.07) is 5.53. The summed E-state index contributed by atoms with van der Waals surface area (Å²) < 4.78 is 0. The van der Waals surface area contributed by atoms with Crippen molar-refractivity contribution in [1.82, 2.24) is 10.3 Å². The molecule has 0 aromatic carbocycles. The van der Waals surface area contributed by atoms with Crippen molar-refractivity contribution in [3.8, 4) is 0 Å². The standard InChI is InChI=1S/C15H23N3/c1-11(16-2)15-8-7-14(9-17-15)18(13-5-6-13)10-12-3-4-12/h7-9,11-13,16H,3-6,10H2,1-2H3. The van der Waals surface area contributed by atoms with Crippen LogP contribution < -0.4 is 10.2 Å². The Labute approximate surface area is 110 Å². The second-order valence-corrected chi connectivity index (χ2v) is 5.78. The number of nitrogens with one attached hydrogen (secondary N) is 1. The van der Waals surface area contributed by atoms with E-state index in [0.717, 1.165) is 17.7 Å². The van der Waals surface area contributed by atoms with E-state index in [0.29, 0.717) is 6.04 Å². The van der Waals surface area contributed by atoms with E-state index >= 15 is 0 Å². The number of pyridine rings is 1. The summed E-state index contributed by atoms with van der Waals surface area (Å²) in [7, 11) is 1.98. The van der Waals surface area contributed by atoms with Gasteiger partial charge in [-0.3, -0.25) is 4.98 Å². The number of aromatic nitrogens is 1. The molecule has 1 unspecified atom stereocenters. The lowest BCUT2D eigenvalue weighted by Crippen LogP contribution is -2.28. The van der Waals surface area contributed by atoms with E-state index in [-0.39, 0.29) is 0 Å². The zero-order valence-electron chi connectivity index (χ0n) is 11.4. The van der Waals surface area contributed by atoms with Gasteiger partial charge in [-0.05, 0) is 57.7 Å². The van der Waals surface area contributed by atoms with E-state index in [1.54, 1.807) is 0 Å². The van der Waals surface area contributed by atoms with Crippen LogP contribution in [0.15, 0.2) is 18.3 Å². The number of nitrogens with zero attached hydrogens (tertiary/aromatic N) is 2. The van der Waals surface area contributed by atoms with Crippen LogP contribution in [-0.4, -0.2) is 24.6 Å². The largest absolute Gasteiger partial charge is 0.367 e. The van der Waals surface area contributed by atoms with Crippen molar-refractivity contribution in [3.63, 3.8) is 0 Å². The summed E-state index contributed by atoms with van der Waals surface area (Å²) in [5.41, 5.74) is 2.44. The minimum absolute atomic E-state index is 0.330. The summed E-state index contributed by atoms with van der Waals surface area (Å²) in [5.74, 6) is 0.946. The zero-order valence-corrected chi connectivity index (χ0v) is 11.4. The first kappa shape index (κ1) is 12.0. The summed E-state index contributed by atoms with van der Waals surface area (Å²) in [6.07, 6.45) is 7.63. The summed E-state index contributed by atoms with van der Waals surface area (Å²) in [6.45, 7) is 3.39. The van der Waals surface area contributed by atoms with Crippen molar-refractivity contribution in [1.29, 1.82) is 0 Å². The molecule has 2 aliphatic rings. The first-order valence-electron chi connectivity index (χ1n) is 7.18. The number of rotatable bonds is 6. The third-order valence-electron chi connectivity index (χ3n) is 4.12. The fraction of sp³-hybridized carbons (Fsp3) is 0.667. The summed E-state index contributed by atoms with van der Waals surface area (Å²) in [4.78, 5) is 7.19. The van der Waals surface area contributed by atoms with Crippen molar-refractivity contribution in [2.24, 2.45) is 5.92 Å². The molecule has 18 heavy (non-hydrogen) atoms. The van der Waals surface area contributed by atoms with Gasteiger partial charge in [-0.15, -0.1) is 0 Å². The third kappa shape index (κ3) is 2.66. The molecule has 2 fully saturated rings. The maximum absolute atomic E-state index is 4.60. The van der Waals surface area contributed by atoms with E-state index in [4.69, 9.17) is 0 Å².